The molecule has 1 saturated heterocycles. The van der Waals surface area contributed by atoms with E-state index in [1.165, 1.54) is 4.31 Å². The van der Waals surface area contributed by atoms with Crippen LogP contribution in [0.4, 0.5) is 8.78 Å². The maximum Gasteiger partial charge on any atom is 0.243 e. The van der Waals surface area contributed by atoms with Gasteiger partial charge in [-0.1, -0.05) is 0 Å². The number of rotatable bonds is 3. The number of hydrogen-bond acceptors (Lipinski definition) is 4. The summed E-state index contributed by atoms with van der Waals surface area (Å²) < 4.78 is 55.1. The summed E-state index contributed by atoms with van der Waals surface area (Å²) in [5, 5.41) is 0. The molecule has 136 valence electrons. The van der Waals surface area contributed by atoms with Crippen LogP contribution >= 0.6 is 0 Å². The van der Waals surface area contributed by atoms with Gasteiger partial charge in [0.1, 0.15) is 11.3 Å². The van der Waals surface area contributed by atoms with Crippen LogP contribution in [0.1, 0.15) is 18.2 Å². The second-order valence-electron chi connectivity index (χ2n) is 6.30. The zero-order valence-corrected chi connectivity index (χ0v) is 14.7. The first-order chi connectivity index (χ1) is 12.4. The van der Waals surface area contributed by atoms with Crippen molar-refractivity contribution in [2.45, 2.75) is 17.2 Å². The van der Waals surface area contributed by atoms with E-state index in [0.717, 1.165) is 35.2 Å². The lowest BCUT2D eigenvalue weighted by atomic mass is 10.1. The Morgan fingerprint density at radius 2 is 2.00 bits per heavy atom. The molecule has 0 saturated carbocycles. The SMILES string of the molecule is Cn1c([C@@H]2CCN(S(=O)(=O)c3ccc(F)c(F)c3)C2)nc2cccnc21. The summed E-state index contributed by atoms with van der Waals surface area (Å²) in [7, 11) is -2.04. The van der Waals surface area contributed by atoms with Gasteiger partial charge in [0.2, 0.25) is 10.0 Å². The van der Waals surface area contributed by atoms with Gasteiger partial charge in [-0.2, -0.15) is 4.31 Å². The van der Waals surface area contributed by atoms with E-state index in [4.69, 9.17) is 0 Å². The molecule has 0 bridgehead atoms. The highest BCUT2D eigenvalue weighted by Crippen LogP contribution is 2.32. The molecule has 3 heterocycles. The molecule has 0 aliphatic carbocycles. The van der Waals surface area contributed by atoms with Crippen molar-refractivity contribution in [1.82, 2.24) is 18.8 Å². The Labute approximate surface area is 149 Å². The molecular formula is C17H16F2N4O2S. The molecular weight excluding hydrogens is 362 g/mol. The monoisotopic (exact) mass is 378 g/mol. The summed E-state index contributed by atoms with van der Waals surface area (Å²) in [6, 6.07) is 6.29. The number of nitrogens with zero attached hydrogens (tertiary/aromatic N) is 4. The summed E-state index contributed by atoms with van der Waals surface area (Å²) in [5.41, 5.74) is 1.50. The van der Waals surface area contributed by atoms with E-state index in [9.17, 15) is 17.2 Å². The van der Waals surface area contributed by atoms with Gasteiger partial charge >= 0.3 is 0 Å². The molecule has 2 aromatic heterocycles. The topological polar surface area (TPSA) is 68.1 Å². The molecule has 0 spiro atoms. The predicted octanol–water partition coefficient (Wildman–Crippen LogP) is 2.42. The molecule has 0 unspecified atom stereocenters. The summed E-state index contributed by atoms with van der Waals surface area (Å²) >= 11 is 0. The van der Waals surface area contributed by atoms with Crippen molar-refractivity contribution in [3.8, 4) is 0 Å². The fourth-order valence-corrected chi connectivity index (χ4v) is 4.86. The molecule has 1 aromatic carbocycles. The Morgan fingerprint density at radius 3 is 2.73 bits per heavy atom. The second-order valence-corrected chi connectivity index (χ2v) is 8.24. The van der Waals surface area contributed by atoms with Crippen molar-refractivity contribution in [2.75, 3.05) is 13.1 Å². The lowest BCUT2D eigenvalue weighted by molar-refractivity contribution is 0.466. The average molecular weight is 378 g/mol. The number of hydrogen-bond donors (Lipinski definition) is 0. The number of sulfonamides is 1. The van der Waals surface area contributed by atoms with E-state index in [2.05, 4.69) is 9.97 Å². The van der Waals surface area contributed by atoms with Gasteiger partial charge in [0.05, 0.1) is 4.90 Å². The van der Waals surface area contributed by atoms with Crippen LogP contribution < -0.4 is 0 Å². The third-order valence-electron chi connectivity index (χ3n) is 4.71. The van der Waals surface area contributed by atoms with Gasteiger partial charge in [-0.3, -0.25) is 0 Å². The molecule has 9 heteroatoms. The van der Waals surface area contributed by atoms with Crippen molar-refractivity contribution in [3.05, 3.63) is 54.0 Å². The number of benzene rings is 1. The highest BCUT2D eigenvalue weighted by Gasteiger charge is 2.35. The molecule has 0 radical (unpaired) electrons. The number of aryl methyl sites for hydroxylation is 1. The smallest absolute Gasteiger partial charge is 0.243 e. The summed E-state index contributed by atoms with van der Waals surface area (Å²) in [6.07, 6.45) is 2.28. The van der Waals surface area contributed by atoms with Crippen LogP contribution in [-0.2, 0) is 17.1 Å². The van der Waals surface area contributed by atoms with Crippen LogP contribution in [0.25, 0.3) is 11.2 Å². The summed E-state index contributed by atoms with van der Waals surface area (Å²) in [5.74, 6) is -1.57. The van der Waals surface area contributed by atoms with Crippen molar-refractivity contribution in [3.63, 3.8) is 0 Å². The number of pyridine rings is 1. The van der Waals surface area contributed by atoms with Gasteiger partial charge in [0, 0.05) is 32.3 Å². The molecule has 26 heavy (non-hydrogen) atoms. The Bertz CT molecular complexity index is 1100. The lowest BCUT2D eigenvalue weighted by Gasteiger charge is -2.16. The minimum Gasteiger partial charge on any atom is -0.316 e. The Hall–Kier alpha value is -2.39. The largest absolute Gasteiger partial charge is 0.316 e. The Balaban J connectivity index is 1.63. The van der Waals surface area contributed by atoms with Crippen LogP contribution in [0.15, 0.2) is 41.4 Å². The zero-order valence-electron chi connectivity index (χ0n) is 13.9. The highest BCUT2D eigenvalue weighted by molar-refractivity contribution is 7.89. The molecule has 0 amide bonds. The fraction of sp³-hybridized carbons (Fsp3) is 0.294. The molecule has 1 aliphatic rings. The zero-order chi connectivity index (χ0) is 18.5. The van der Waals surface area contributed by atoms with Crippen LogP contribution in [0.2, 0.25) is 0 Å². The second kappa shape index (κ2) is 6.10. The molecule has 1 fully saturated rings. The van der Waals surface area contributed by atoms with Crippen LogP contribution in [0.5, 0.6) is 0 Å². The molecule has 1 aliphatic heterocycles. The molecule has 3 aromatic rings. The normalized spacial score (nSPS) is 18.7. The van der Waals surface area contributed by atoms with Crippen molar-refractivity contribution in [1.29, 1.82) is 0 Å². The third-order valence-corrected chi connectivity index (χ3v) is 6.57. The Morgan fingerprint density at radius 1 is 1.19 bits per heavy atom. The lowest BCUT2D eigenvalue weighted by Crippen LogP contribution is -2.29. The first kappa shape index (κ1) is 17.0. The molecule has 0 N–H and O–H groups in total. The van der Waals surface area contributed by atoms with Crippen LogP contribution in [-0.4, -0.2) is 40.3 Å². The number of fused-ring (bicyclic) bond motifs is 1. The van der Waals surface area contributed by atoms with Gasteiger partial charge in [-0.05, 0) is 36.8 Å². The van der Waals surface area contributed by atoms with Crippen LogP contribution in [0, 0.1) is 11.6 Å². The van der Waals surface area contributed by atoms with E-state index >= 15 is 0 Å². The number of imidazole rings is 1. The van der Waals surface area contributed by atoms with Gasteiger partial charge in [0.25, 0.3) is 0 Å². The minimum atomic E-state index is -3.89. The van der Waals surface area contributed by atoms with Gasteiger partial charge < -0.3 is 4.57 Å². The average Bonchev–Trinajstić information content (AvgIpc) is 3.23. The van der Waals surface area contributed by atoms with Crippen molar-refractivity contribution < 1.29 is 17.2 Å². The summed E-state index contributed by atoms with van der Waals surface area (Å²) in [6.45, 7) is 0.529. The first-order valence-electron chi connectivity index (χ1n) is 8.10. The van der Waals surface area contributed by atoms with E-state index in [0.29, 0.717) is 13.0 Å². The Kier molecular flexibility index (Phi) is 4.00. The van der Waals surface area contributed by atoms with Crippen molar-refractivity contribution >= 4 is 21.2 Å². The fourth-order valence-electron chi connectivity index (χ4n) is 3.35. The third kappa shape index (κ3) is 2.67. The number of aromatic nitrogens is 3. The van der Waals surface area contributed by atoms with E-state index in [1.807, 2.05) is 17.7 Å². The maximum absolute atomic E-state index is 13.4. The first-order valence-corrected chi connectivity index (χ1v) is 9.54. The van der Waals surface area contributed by atoms with Gasteiger partial charge in [0.15, 0.2) is 17.3 Å². The van der Waals surface area contributed by atoms with E-state index in [1.54, 1.807) is 12.3 Å². The summed E-state index contributed by atoms with van der Waals surface area (Å²) in [4.78, 5) is 8.63. The van der Waals surface area contributed by atoms with Gasteiger partial charge in [-0.15, -0.1) is 0 Å². The quantitative estimate of drug-likeness (QED) is 0.702. The minimum absolute atomic E-state index is 0.0886. The van der Waals surface area contributed by atoms with Crippen LogP contribution in [0.3, 0.4) is 0 Å². The maximum atomic E-state index is 13.4. The predicted molar refractivity (Wildman–Crippen MR) is 91.0 cm³/mol. The number of halogens is 2. The molecule has 1 atom stereocenters. The molecule has 6 nitrogen and oxygen atoms in total. The van der Waals surface area contributed by atoms with Gasteiger partial charge in [-0.25, -0.2) is 27.2 Å². The van der Waals surface area contributed by atoms with E-state index < -0.39 is 21.7 Å². The van der Waals surface area contributed by atoms with Crippen molar-refractivity contribution in [2.24, 2.45) is 7.05 Å². The molecule has 4 rings (SSSR count). The van der Waals surface area contributed by atoms with E-state index in [-0.39, 0.29) is 17.4 Å². The standard InChI is InChI=1S/C17H16F2N4O2S/c1-22-16(21-15-3-2-7-20-17(15)22)11-6-8-23(10-11)26(24,25)12-4-5-13(18)14(19)9-12/h2-5,7,9,11H,6,8,10H2,1H3/t11-/m1/s1. The highest BCUT2D eigenvalue weighted by atomic mass is 32.2.